The summed E-state index contributed by atoms with van der Waals surface area (Å²) in [6.45, 7) is 8.35. The Morgan fingerprint density at radius 1 is 1.20 bits per heavy atom. The molecular weight excluding hydrogens is 264 g/mol. The number of carbonyl (C=O) groups is 2. The van der Waals surface area contributed by atoms with E-state index < -0.39 is 11.6 Å². The topological polar surface area (TPSA) is 82.1 Å². The molecule has 118 valence electrons. The minimum Gasteiger partial charge on any atom is -0.463 e. The molecule has 0 aromatic carbocycles. The van der Waals surface area contributed by atoms with Gasteiger partial charge in [0.15, 0.2) is 5.60 Å². The Kier molecular flexibility index (Phi) is 8.41. The van der Waals surface area contributed by atoms with Gasteiger partial charge in [0.05, 0.1) is 18.6 Å². The zero-order valence-electron chi connectivity index (χ0n) is 13.0. The smallest absolute Gasteiger partial charge is 0.337 e. The van der Waals surface area contributed by atoms with Crippen LogP contribution in [0.2, 0.25) is 0 Å². The van der Waals surface area contributed by atoms with E-state index in [0.717, 1.165) is 0 Å². The molecule has 0 spiro atoms. The molecule has 0 aromatic rings. The molecule has 0 aliphatic carbocycles. The summed E-state index contributed by atoms with van der Waals surface area (Å²) >= 11 is 0. The molecule has 0 radical (unpaired) electrons. The normalized spacial score (nSPS) is 13.2. The lowest BCUT2D eigenvalue weighted by molar-refractivity contribution is -0.181. The van der Waals surface area contributed by atoms with Crippen LogP contribution in [0.3, 0.4) is 0 Å². The molecule has 20 heavy (non-hydrogen) atoms. The molecule has 6 heteroatoms. The lowest BCUT2D eigenvalue weighted by atomic mass is 10.1. The van der Waals surface area contributed by atoms with Crippen LogP contribution in [0.4, 0.5) is 0 Å². The van der Waals surface area contributed by atoms with Gasteiger partial charge in [0.25, 0.3) is 0 Å². The van der Waals surface area contributed by atoms with Gasteiger partial charge in [-0.1, -0.05) is 20.8 Å². The van der Waals surface area contributed by atoms with E-state index in [-0.39, 0.29) is 37.8 Å². The van der Waals surface area contributed by atoms with E-state index in [1.165, 1.54) is 0 Å². The fourth-order valence-electron chi connectivity index (χ4n) is 1.35. The van der Waals surface area contributed by atoms with E-state index in [9.17, 15) is 9.59 Å². The SMILES string of the molecule is CCC(COC(=O)C(C)C)OC(C)(C)C(=O)OCCO. The molecule has 1 N–H and O–H groups in total. The molecule has 0 bridgehead atoms. The first kappa shape index (κ1) is 18.9. The molecule has 0 heterocycles. The van der Waals surface area contributed by atoms with Gasteiger partial charge < -0.3 is 19.3 Å². The molecule has 0 rings (SSSR count). The molecule has 6 nitrogen and oxygen atoms in total. The van der Waals surface area contributed by atoms with E-state index in [0.29, 0.717) is 6.42 Å². The van der Waals surface area contributed by atoms with Crippen LogP contribution in [0.25, 0.3) is 0 Å². The Morgan fingerprint density at radius 2 is 1.80 bits per heavy atom. The van der Waals surface area contributed by atoms with Crippen molar-refractivity contribution in [2.45, 2.75) is 52.7 Å². The fraction of sp³-hybridized carbons (Fsp3) is 0.857. The number of hydrogen-bond acceptors (Lipinski definition) is 6. The first-order chi connectivity index (χ1) is 9.24. The van der Waals surface area contributed by atoms with Crippen LogP contribution >= 0.6 is 0 Å². The fourth-order valence-corrected chi connectivity index (χ4v) is 1.35. The van der Waals surface area contributed by atoms with Gasteiger partial charge in [0, 0.05) is 0 Å². The number of aliphatic hydroxyl groups is 1. The Hall–Kier alpha value is -1.14. The Labute approximate surface area is 120 Å². The number of rotatable bonds is 9. The van der Waals surface area contributed by atoms with Crippen LogP contribution in [0.1, 0.15) is 41.0 Å². The average molecular weight is 290 g/mol. The highest BCUT2D eigenvalue weighted by molar-refractivity contribution is 5.78. The predicted octanol–water partition coefficient (Wildman–Crippen LogP) is 1.29. The van der Waals surface area contributed by atoms with Gasteiger partial charge in [-0.25, -0.2) is 4.79 Å². The zero-order valence-corrected chi connectivity index (χ0v) is 13.0. The van der Waals surface area contributed by atoms with Crippen molar-refractivity contribution >= 4 is 11.9 Å². The summed E-state index contributed by atoms with van der Waals surface area (Å²) in [7, 11) is 0. The zero-order chi connectivity index (χ0) is 15.8. The molecule has 0 saturated heterocycles. The van der Waals surface area contributed by atoms with Crippen molar-refractivity contribution in [3.8, 4) is 0 Å². The molecule has 1 unspecified atom stereocenters. The Bertz CT molecular complexity index is 311. The first-order valence-corrected chi connectivity index (χ1v) is 6.87. The van der Waals surface area contributed by atoms with E-state index in [4.69, 9.17) is 19.3 Å². The summed E-state index contributed by atoms with van der Waals surface area (Å²) in [5.41, 5.74) is -1.15. The highest BCUT2D eigenvalue weighted by Crippen LogP contribution is 2.17. The third kappa shape index (κ3) is 6.86. The second kappa shape index (κ2) is 8.92. The minimum atomic E-state index is -1.15. The van der Waals surface area contributed by atoms with E-state index in [1.54, 1.807) is 27.7 Å². The summed E-state index contributed by atoms with van der Waals surface area (Å²) in [6.07, 6.45) is 0.219. The Balaban J connectivity index is 4.39. The van der Waals surface area contributed by atoms with Gasteiger partial charge in [-0.05, 0) is 20.3 Å². The third-order valence-electron chi connectivity index (χ3n) is 2.62. The van der Waals surface area contributed by atoms with Crippen molar-refractivity contribution in [2.24, 2.45) is 5.92 Å². The van der Waals surface area contributed by atoms with Crippen molar-refractivity contribution in [1.29, 1.82) is 0 Å². The van der Waals surface area contributed by atoms with Crippen LogP contribution in [0.5, 0.6) is 0 Å². The van der Waals surface area contributed by atoms with Gasteiger partial charge in [0.1, 0.15) is 13.2 Å². The van der Waals surface area contributed by atoms with Gasteiger partial charge >= 0.3 is 11.9 Å². The molecule has 0 aliphatic heterocycles. The van der Waals surface area contributed by atoms with Crippen LogP contribution in [-0.4, -0.2) is 48.6 Å². The summed E-state index contributed by atoms with van der Waals surface area (Å²) in [6, 6.07) is 0. The molecule has 1 atom stereocenters. The molecule has 0 amide bonds. The maximum Gasteiger partial charge on any atom is 0.337 e. The molecular formula is C14H26O6. The standard InChI is InChI=1S/C14H26O6/c1-6-11(9-19-12(16)10(2)3)20-14(4,5)13(17)18-8-7-15/h10-11,15H,6-9H2,1-5H3. The quantitative estimate of drug-likeness (QED) is 0.644. The molecule has 0 aliphatic rings. The third-order valence-corrected chi connectivity index (χ3v) is 2.62. The summed E-state index contributed by atoms with van der Waals surface area (Å²) in [5.74, 6) is -1.05. The van der Waals surface area contributed by atoms with Crippen molar-refractivity contribution in [1.82, 2.24) is 0 Å². The summed E-state index contributed by atoms with van der Waals surface area (Å²) in [5, 5.41) is 8.63. The van der Waals surface area contributed by atoms with Gasteiger partial charge in [0.2, 0.25) is 0 Å². The summed E-state index contributed by atoms with van der Waals surface area (Å²) in [4.78, 5) is 23.2. The van der Waals surface area contributed by atoms with E-state index in [1.807, 2.05) is 6.92 Å². The van der Waals surface area contributed by atoms with Gasteiger partial charge in [-0.3, -0.25) is 4.79 Å². The van der Waals surface area contributed by atoms with Crippen LogP contribution in [0, 0.1) is 5.92 Å². The predicted molar refractivity (Wildman–Crippen MR) is 73.1 cm³/mol. The maximum absolute atomic E-state index is 11.8. The van der Waals surface area contributed by atoms with Gasteiger partial charge in [-0.2, -0.15) is 0 Å². The second-order valence-corrected chi connectivity index (χ2v) is 5.30. The maximum atomic E-state index is 11.8. The van der Waals surface area contributed by atoms with Crippen LogP contribution in [0.15, 0.2) is 0 Å². The van der Waals surface area contributed by atoms with E-state index >= 15 is 0 Å². The van der Waals surface area contributed by atoms with Crippen LogP contribution in [-0.2, 0) is 23.8 Å². The molecule has 0 aromatic heterocycles. The van der Waals surface area contributed by atoms with Crippen LogP contribution < -0.4 is 0 Å². The van der Waals surface area contributed by atoms with E-state index in [2.05, 4.69) is 0 Å². The lowest BCUT2D eigenvalue weighted by Gasteiger charge is -2.28. The van der Waals surface area contributed by atoms with Crippen molar-refractivity contribution < 1.29 is 28.9 Å². The monoisotopic (exact) mass is 290 g/mol. The average Bonchev–Trinajstić information content (AvgIpc) is 2.39. The largest absolute Gasteiger partial charge is 0.463 e. The number of hydrogen-bond donors (Lipinski definition) is 1. The second-order valence-electron chi connectivity index (χ2n) is 5.30. The number of aliphatic hydroxyl groups excluding tert-OH is 1. The Morgan fingerprint density at radius 3 is 2.25 bits per heavy atom. The number of esters is 2. The van der Waals surface area contributed by atoms with Crippen molar-refractivity contribution in [2.75, 3.05) is 19.8 Å². The van der Waals surface area contributed by atoms with Crippen molar-refractivity contribution in [3.05, 3.63) is 0 Å². The lowest BCUT2D eigenvalue weighted by Crippen LogP contribution is -2.42. The number of carbonyl (C=O) groups excluding carboxylic acids is 2. The summed E-state index contributed by atoms with van der Waals surface area (Å²) < 4.78 is 15.6. The molecule has 0 saturated carbocycles. The highest BCUT2D eigenvalue weighted by atomic mass is 16.6. The van der Waals surface area contributed by atoms with Gasteiger partial charge in [-0.15, -0.1) is 0 Å². The highest BCUT2D eigenvalue weighted by Gasteiger charge is 2.33. The van der Waals surface area contributed by atoms with Crippen molar-refractivity contribution in [3.63, 3.8) is 0 Å². The minimum absolute atomic E-state index is 0.0647. The molecule has 0 fully saturated rings. The number of ether oxygens (including phenoxy) is 3. The first-order valence-electron chi connectivity index (χ1n) is 6.87.